The molecule has 0 aliphatic heterocycles. The molecule has 0 unspecified atom stereocenters. The highest BCUT2D eigenvalue weighted by molar-refractivity contribution is 5.94. The van der Waals surface area contributed by atoms with Gasteiger partial charge in [-0.2, -0.15) is 28.1 Å². The molecule has 0 atom stereocenters. The number of hydrogen-bond donors (Lipinski definition) is 3. The lowest BCUT2D eigenvalue weighted by Gasteiger charge is -2.21. The summed E-state index contributed by atoms with van der Waals surface area (Å²) >= 11 is 0. The van der Waals surface area contributed by atoms with Crippen molar-refractivity contribution in [2.75, 3.05) is 36.9 Å². The highest BCUT2D eigenvalue weighted by Gasteiger charge is 2.29. The Morgan fingerprint density at radius 1 is 0.851 bits per heavy atom. The Bertz CT molecular complexity index is 1590. The van der Waals surface area contributed by atoms with Crippen LogP contribution in [0, 0.1) is 6.92 Å². The van der Waals surface area contributed by atoms with E-state index in [-0.39, 0.29) is 37.5 Å². The molecule has 248 valence electrons. The van der Waals surface area contributed by atoms with Crippen LogP contribution >= 0.6 is 0 Å². The Labute approximate surface area is 270 Å². The van der Waals surface area contributed by atoms with E-state index >= 15 is 0 Å². The molecule has 0 radical (unpaired) electrons. The number of alkyl halides is 3. The van der Waals surface area contributed by atoms with Gasteiger partial charge in [-0.05, 0) is 48.7 Å². The normalized spacial score (nSPS) is 11.0. The third-order valence-electron chi connectivity index (χ3n) is 6.58. The molecule has 1 aromatic heterocycles. The number of carbonyl (C=O) groups is 2. The van der Waals surface area contributed by atoms with Crippen LogP contribution in [-0.4, -0.2) is 64.3 Å². The van der Waals surface area contributed by atoms with Crippen molar-refractivity contribution >= 4 is 29.6 Å². The van der Waals surface area contributed by atoms with Gasteiger partial charge in [0.05, 0.1) is 0 Å². The van der Waals surface area contributed by atoms with E-state index in [1.165, 1.54) is 0 Å². The molecule has 4 rings (SSSR count). The second-order valence-corrected chi connectivity index (χ2v) is 10.5. The number of rotatable bonds is 15. The van der Waals surface area contributed by atoms with Gasteiger partial charge in [-0.1, -0.05) is 67.1 Å². The number of carbonyl (C=O) groups excluding carboxylic acids is 2. The van der Waals surface area contributed by atoms with E-state index in [0.29, 0.717) is 24.3 Å². The van der Waals surface area contributed by atoms with Crippen molar-refractivity contribution in [3.05, 3.63) is 101 Å². The summed E-state index contributed by atoms with van der Waals surface area (Å²) in [5, 5.41) is 8.68. The number of nitrogens with one attached hydrogen (secondary N) is 3. The smallest absolute Gasteiger partial charge is 0.422 e. The molecule has 0 aliphatic rings. The Morgan fingerprint density at radius 3 is 2.23 bits per heavy atom. The second kappa shape index (κ2) is 16.8. The van der Waals surface area contributed by atoms with Gasteiger partial charge in [-0.3, -0.25) is 4.79 Å². The van der Waals surface area contributed by atoms with Gasteiger partial charge in [0.2, 0.25) is 11.9 Å². The lowest BCUT2D eigenvalue weighted by molar-refractivity contribution is -0.154. The molecular formula is C33H36F3N7O4. The Kier molecular flexibility index (Phi) is 12.3. The minimum Gasteiger partial charge on any atom is -0.454 e. The fraction of sp³-hybridized carbons (Fsp3) is 0.303. The largest absolute Gasteiger partial charge is 0.454 e. The molecule has 0 aliphatic carbocycles. The number of aryl methyl sites for hydroxylation is 1. The van der Waals surface area contributed by atoms with Crippen molar-refractivity contribution < 1.29 is 32.2 Å². The zero-order valence-corrected chi connectivity index (χ0v) is 26.0. The van der Waals surface area contributed by atoms with E-state index < -0.39 is 24.9 Å². The molecule has 4 aromatic rings. The zero-order chi connectivity index (χ0) is 33.6. The lowest BCUT2D eigenvalue weighted by Crippen LogP contribution is -2.39. The molecule has 0 fully saturated rings. The summed E-state index contributed by atoms with van der Waals surface area (Å²) in [6.07, 6.45) is -4.31. The molecule has 11 nitrogen and oxygen atoms in total. The number of amides is 2. The zero-order valence-electron chi connectivity index (χ0n) is 26.0. The van der Waals surface area contributed by atoms with Crippen LogP contribution in [0.2, 0.25) is 0 Å². The van der Waals surface area contributed by atoms with E-state index in [1.54, 1.807) is 29.2 Å². The van der Waals surface area contributed by atoms with Gasteiger partial charge in [0, 0.05) is 37.4 Å². The number of hydrogen-bond acceptors (Lipinski definition) is 9. The highest BCUT2D eigenvalue weighted by atomic mass is 19.4. The first-order chi connectivity index (χ1) is 22.6. The molecule has 3 aromatic carbocycles. The maximum atomic E-state index is 12.8. The first-order valence-electron chi connectivity index (χ1n) is 14.9. The molecule has 2 amide bonds. The molecule has 47 heavy (non-hydrogen) atoms. The van der Waals surface area contributed by atoms with E-state index in [4.69, 9.17) is 9.47 Å². The summed E-state index contributed by atoms with van der Waals surface area (Å²) in [6.45, 7) is 3.77. The van der Waals surface area contributed by atoms with Crippen LogP contribution in [0.3, 0.4) is 0 Å². The van der Waals surface area contributed by atoms with Crippen molar-refractivity contribution in [1.82, 2.24) is 25.2 Å². The van der Waals surface area contributed by atoms with Crippen molar-refractivity contribution in [3.63, 3.8) is 0 Å². The number of aromatic nitrogens is 3. The van der Waals surface area contributed by atoms with Gasteiger partial charge in [-0.15, -0.1) is 0 Å². The van der Waals surface area contributed by atoms with E-state index in [2.05, 4.69) is 30.9 Å². The summed E-state index contributed by atoms with van der Waals surface area (Å²) in [5.74, 6) is -0.399. The van der Waals surface area contributed by atoms with Gasteiger partial charge in [0.1, 0.15) is 6.61 Å². The predicted octanol–water partition coefficient (Wildman–Crippen LogP) is 6.26. The highest BCUT2D eigenvalue weighted by Crippen LogP contribution is 2.21. The molecule has 0 bridgehead atoms. The third-order valence-corrected chi connectivity index (χ3v) is 6.58. The van der Waals surface area contributed by atoms with Crippen LogP contribution in [0.1, 0.15) is 40.4 Å². The molecule has 0 saturated heterocycles. The number of benzene rings is 3. The van der Waals surface area contributed by atoms with Crippen molar-refractivity contribution in [1.29, 1.82) is 0 Å². The van der Waals surface area contributed by atoms with Gasteiger partial charge < -0.3 is 30.3 Å². The topological polar surface area (TPSA) is 131 Å². The number of ether oxygens (including phenoxy) is 2. The average Bonchev–Trinajstić information content (AvgIpc) is 3.06. The fourth-order valence-electron chi connectivity index (χ4n) is 4.20. The summed E-state index contributed by atoms with van der Waals surface area (Å²) in [7, 11) is 0. The number of anilines is 3. The molecule has 0 saturated carbocycles. The maximum absolute atomic E-state index is 12.8. The fourth-order valence-corrected chi connectivity index (χ4v) is 4.20. The summed E-state index contributed by atoms with van der Waals surface area (Å²) in [4.78, 5) is 39.1. The molecule has 3 N–H and O–H groups in total. The van der Waals surface area contributed by atoms with Gasteiger partial charge >= 0.3 is 18.3 Å². The number of nitrogens with zero attached hydrogens (tertiary/aromatic N) is 4. The maximum Gasteiger partial charge on any atom is 0.422 e. The third kappa shape index (κ3) is 11.8. The Morgan fingerprint density at radius 2 is 1.55 bits per heavy atom. The van der Waals surface area contributed by atoms with Crippen molar-refractivity contribution in [3.8, 4) is 6.01 Å². The quantitative estimate of drug-likeness (QED) is 0.136. The average molecular weight is 652 g/mol. The standard InChI is InChI=1S/C33H36F3N7O4/c1-3-18-43(32(45)46-21-25-7-5-4-6-8-25)19-17-37-28(44)26-13-15-27(16-14-26)39-30-40-29(38-20-24-11-9-23(2)10-12-24)41-31(42-30)47-22-33(34,35)36/h4-16H,3,17-22H2,1-2H3,(H,37,44)(H2,38,39,40,41,42). The van der Waals surface area contributed by atoms with Crippen LogP contribution in [0.15, 0.2) is 78.9 Å². The lowest BCUT2D eigenvalue weighted by atomic mass is 10.1. The molecule has 0 spiro atoms. The molecular weight excluding hydrogens is 615 g/mol. The Hall–Kier alpha value is -5.40. The van der Waals surface area contributed by atoms with E-state index in [1.807, 2.05) is 68.4 Å². The monoisotopic (exact) mass is 651 g/mol. The summed E-state index contributed by atoms with van der Waals surface area (Å²) in [5.41, 5.74) is 3.70. The molecule has 1 heterocycles. The first-order valence-corrected chi connectivity index (χ1v) is 14.9. The van der Waals surface area contributed by atoms with Crippen LogP contribution in [0.25, 0.3) is 0 Å². The van der Waals surface area contributed by atoms with Gasteiger partial charge in [0.25, 0.3) is 5.91 Å². The van der Waals surface area contributed by atoms with E-state index in [9.17, 15) is 22.8 Å². The summed E-state index contributed by atoms with van der Waals surface area (Å²) in [6, 6.07) is 22.9. The molecule has 14 heteroatoms. The second-order valence-electron chi connectivity index (χ2n) is 10.5. The van der Waals surface area contributed by atoms with Crippen molar-refractivity contribution in [2.45, 2.75) is 39.6 Å². The minimum atomic E-state index is -4.58. The SMILES string of the molecule is CCCN(CCNC(=O)c1ccc(Nc2nc(NCc3ccc(C)cc3)nc(OCC(F)(F)F)n2)cc1)C(=O)OCc1ccccc1. The number of halogens is 3. The Balaban J connectivity index is 1.33. The van der Waals surface area contributed by atoms with Gasteiger partial charge in [-0.25, -0.2) is 4.79 Å². The van der Waals surface area contributed by atoms with E-state index in [0.717, 1.165) is 23.1 Å². The first kappa shape index (κ1) is 34.5. The van der Waals surface area contributed by atoms with Crippen LogP contribution in [0.4, 0.5) is 35.5 Å². The van der Waals surface area contributed by atoms with Crippen molar-refractivity contribution in [2.24, 2.45) is 0 Å². The van der Waals surface area contributed by atoms with Gasteiger partial charge in [0.15, 0.2) is 6.61 Å². The van der Waals surface area contributed by atoms with Crippen LogP contribution < -0.4 is 20.7 Å². The summed E-state index contributed by atoms with van der Waals surface area (Å²) < 4.78 is 48.6. The van der Waals surface area contributed by atoms with Crippen LogP contribution in [-0.2, 0) is 17.9 Å². The predicted molar refractivity (Wildman–Crippen MR) is 170 cm³/mol. The minimum absolute atomic E-state index is 0.0114. The van der Waals surface area contributed by atoms with Crippen LogP contribution in [0.5, 0.6) is 6.01 Å².